The lowest BCUT2D eigenvalue weighted by atomic mass is 10.1. The zero-order valence-corrected chi connectivity index (χ0v) is 23.5. The number of imide groups is 1. The number of aromatic nitrogens is 1. The van der Waals surface area contributed by atoms with Crippen molar-refractivity contribution in [2.75, 3.05) is 11.4 Å². The summed E-state index contributed by atoms with van der Waals surface area (Å²) in [6.45, 7) is 2.41. The molecule has 0 radical (unpaired) electrons. The van der Waals surface area contributed by atoms with Crippen LogP contribution in [-0.4, -0.2) is 40.2 Å². The number of nitrogens with zero attached hydrogens (tertiary/aromatic N) is 3. The maximum atomic E-state index is 13.7. The molecule has 1 aliphatic rings. The van der Waals surface area contributed by atoms with Gasteiger partial charge in [0.25, 0.3) is 5.91 Å². The molecule has 6 nitrogen and oxygen atoms in total. The van der Waals surface area contributed by atoms with Crippen LogP contribution in [0.2, 0.25) is 0 Å². The average molecular weight is 560 g/mol. The van der Waals surface area contributed by atoms with E-state index in [9.17, 15) is 14.4 Å². The van der Waals surface area contributed by atoms with Crippen LogP contribution in [0.1, 0.15) is 23.1 Å². The average Bonchev–Trinajstić information content (AvgIpc) is 3.54. The van der Waals surface area contributed by atoms with Gasteiger partial charge in [-0.2, -0.15) is 0 Å². The Morgan fingerprint density at radius 3 is 2.29 bits per heavy atom. The molecule has 1 aromatic heterocycles. The molecule has 4 aromatic carbocycles. The fourth-order valence-electron chi connectivity index (χ4n) is 5.26. The Morgan fingerprint density at radius 2 is 1.59 bits per heavy atom. The molecule has 1 saturated heterocycles. The van der Waals surface area contributed by atoms with Crippen molar-refractivity contribution in [2.24, 2.45) is 0 Å². The van der Waals surface area contributed by atoms with Crippen LogP contribution in [0.15, 0.2) is 103 Å². The van der Waals surface area contributed by atoms with Crippen LogP contribution >= 0.6 is 11.3 Å². The molecule has 0 saturated carbocycles. The predicted octanol–water partition coefficient (Wildman–Crippen LogP) is 6.22. The maximum Gasteiger partial charge on any atom is 0.257 e. The smallest absolute Gasteiger partial charge is 0.257 e. The third kappa shape index (κ3) is 5.67. The Balaban J connectivity index is 1.23. The van der Waals surface area contributed by atoms with Gasteiger partial charge in [0.05, 0.1) is 28.7 Å². The molecule has 0 N–H and O–H groups in total. The molecule has 7 heteroatoms. The van der Waals surface area contributed by atoms with E-state index in [1.807, 2.05) is 84.9 Å². The zero-order chi connectivity index (χ0) is 28.3. The number of thiazole rings is 1. The summed E-state index contributed by atoms with van der Waals surface area (Å²) >= 11 is 1.61. The van der Waals surface area contributed by atoms with Gasteiger partial charge in [-0.15, -0.1) is 11.3 Å². The van der Waals surface area contributed by atoms with Gasteiger partial charge in [0.15, 0.2) is 0 Å². The minimum atomic E-state index is -0.838. The lowest BCUT2D eigenvalue weighted by Gasteiger charge is -2.28. The number of carbonyl (C=O) groups is 3. The van der Waals surface area contributed by atoms with Gasteiger partial charge in [-0.1, -0.05) is 66.7 Å². The van der Waals surface area contributed by atoms with Crippen LogP contribution in [-0.2, 0) is 27.2 Å². The highest BCUT2D eigenvalue weighted by Gasteiger charge is 2.44. The fourth-order valence-corrected chi connectivity index (χ4v) is 6.33. The molecule has 3 amide bonds. The van der Waals surface area contributed by atoms with Crippen LogP contribution in [0.3, 0.4) is 0 Å². The first-order valence-corrected chi connectivity index (χ1v) is 14.5. The van der Waals surface area contributed by atoms with Crippen molar-refractivity contribution in [1.82, 2.24) is 9.88 Å². The summed E-state index contributed by atoms with van der Waals surface area (Å²) in [7, 11) is 0. The lowest BCUT2D eigenvalue weighted by Crippen LogP contribution is -2.47. The Hall–Kier alpha value is -4.62. The largest absolute Gasteiger partial charge is 0.329 e. The van der Waals surface area contributed by atoms with Crippen molar-refractivity contribution in [1.29, 1.82) is 0 Å². The second kappa shape index (κ2) is 11.5. The van der Waals surface area contributed by atoms with Crippen molar-refractivity contribution in [3.05, 3.63) is 120 Å². The number of hydrogen-bond donors (Lipinski definition) is 0. The zero-order valence-electron chi connectivity index (χ0n) is 22.7. The van der Waals surface area contributed by atoms with Crippen LogP contribution < -0.4 is 4.90 Å². The molecular formula is C34H29N3O3S. The van der Waals surface area contributed by atoms with Gasteiger partial charge < -0.3 is 4.90 Å². The molecule has 0 spiro atoms. The van der Waals surface area contributed by atoms with Gasteiger partial charge in [0.1, 0.15) is 11.0 Å². The molecule has 0 bridgehead atoms. The Labute approximate surface area is 242 Å². The predicted molar refractivity (Wildman–Crippen MR) is 163 cm³/mol. The first kappa shape index (κ1) is 26.6. The van der Waals surface area contributed by atoms with E-state index in [0.717, 1.165) is 31.9 Å². The Bertz CT molecular complexity index is 1720. The van der Waals surface area contributed by atoms with Gasteiger partial charge in [-0.25, -0.2) is 9.88 Å². The molecule has 1 fully saturated rings. The van der Waals surface area contributed by atoms with Gasteiger partial charge in [0, 0.05) is 12.1 Å². The number of amides is 3. The third-order valence-corrected chi connectivity index (χ3v) is 8.49. The van der Waals surface area contributed by atoms with Crippen molar-refractivity contribution in [2.45, 2.75) is 32.2 Å². The number of hydrogen-bond acceptors (Lipinski definition) is 5. The summed E-state index contributed by atoms with van der Waals surface area (Å²) in [5.41, 5.74) is 5.50. The first-order valence-electron chi connectivity index (χ1n) is 13.7. The molecule has 6 rings (SSSR count). The van der Waals surface area contributed by atoms with E-state index >= 15 is 0 Å². The second-order valence-corrected chi connectivity index (χ2v) is 11.3. The normalized spacial score (nSPS) is 15.0. The number of benzene rings is 4. The van der Waals surface area contributed by atoms with Crippen LogP contribution in [0, 0.1) is 6.92 Å². The highest BCUT2D eigenvalue weighted by Crippen LogP contribution is 2.33. The van der Waals surface area contributed by atoms with E-state index in [2.05, 4.69) is 13.0 Å². The monoisotopic (exact) mass is 559 g/mol. The molecular weight excluding hydrogens is 530 g/mol. The van der Waals surface area contributed by atoms with Crippen molar-refractivity contribution in [3.63, 3.8) is 0 Å². The summed E-state index contributed by atoms with van der Waals surface area (Å²) in [6.07, 6.45) is 0.729. The summed E-state index contributed by atoms with van der Waals surface area (Å²) in [6, 6.07) is 32.0. The molecule has 204 valence electrons. The number of anilines is 1. The summed E-state index contributed by atoms with van der Waals surface area (Å²) in [4.78, 5) is 48.1. The molecule has 41 heavy (non-hydrogen) atoms. The standard InChI is InChI=1S/C34H29N3O3S/c1-23-12-17-28-30(20-23)41-33(35-28)26-13-15-27(16-14-26)37-32(39)22-29(34(37)40)36(19-18-24-8-4-2-5-9-24)31(38)21-25-10-6-3-7-11-25/h2-17,20,29H,18-19,21-22H2,1H3. The molecule has 0 aliphatic carbocycles. The van der Waals surface area contributed by atoms with Gasteiger partial charge in [0.2, 0.25) is 11.8 Å². The van der Waals surface area contributed by atoms with Crippen molar-refractivity contribution < 1.29 is 14.4 Å². The first-order chi connectivity index (χ1) is 20.0. The van der Waals surface area contributed by atoms with E-state index in [0.29, 0.717) is 18.7 Å². The number of aryl methyl sites for hydroxylation is 1. The van der Waals surface area contributed by atoms with Gasteiger partial charge in [-0.05, 0) is 66.4 Å². The fraction of sp³-hybridized carbons (Fsp3) is 0.176. The van der Waals surface area contributed by atoms with Crippen LogP contribution in [0.25, 0.3) is 20.8 Å². The number of rotatable bonds is 8. The number of carbonyl (C=O) groups excluding carboxylic acids is 3. The molecule has 1 aliphatic heterocycles. The molecule has 1 atom stereocenters. The maximum absolute atomic E-state index is 13.7. The minimum Gasteiger partial charge on any atom is -0.329 e. The quantitative estimate of drug-likeness (QED) is 0.212. The SMILES string of the molecule is Cc1ccc2nc(-c3ccc(N4C(=O)CC(N(CCc5ccccc5)C(=O)Cc5ccccc5)C4=O)cc3)sc2c1. The second-order valence-electron chi connectivity index (χ2n) is 10.3. The van der Waals surface area contributed by atoms with E-state index in [1.165, 1.54) is 10.5 Å². The molecule has 1 unspecified atom stereocenters. The summed E-state index contributed by atoms with van der Waals surface area (Å²) in [5.74, 6) is -0.838. The van der Waals surface area contributed by atoms with E-state index in [-0.39, 0.29) is 30.6 Å². The van der Waals surface area contributed by atoms with Crippen molar-refractivity contribution in [3.8, 4) is 10.6 Å². The lowest BCUT2D eigenvalue weighted by molar-refractivity contribution is -0.137. The number of fused-ring (bicyclic) bond motifs is 1. The van der Waals surface area contributed by atoms with E-state index in [1.54, 1.807) is 28.4 Å². The summed E-state index contributed by atoms with van der Waals surface area (Å²) in [5, 5.41) is 0.882. The van der Waals surface area contributed by atoms with Crippen LogP contribution in [0.4, 0.5) is 5.69 Å². The minimum absolute atomic E-state index is 0.0346. The Kier molecular flexibility index (Phi) is 7.44. The van der Waals surface area contributed by atoms with Gasteiger partial charge >= 0.3 is 0 Å². The molecule has 2 heterocycles. The molecule has 5 aromatic rings. The van der Waals surface area contributed by atoms with E-state index in [4.69, 9.17) is 4.98 Å². The Morgan fingerprint density at radius 1 is 0.902 bits per heavy atom. The third-order valence-electron chi connectivity index (χ3n) is 7.42. The topological polar surface area (TPSA) is 70.6 Å². The van der Waals surface area contributed by atoms with Crippen molar-refractivity contribution >= 4 is 45.0 Å². The van der Waals surface area contributed by atoms with E-state index < -0.39 is 6.04 Å². The van der Waals surface area contributed by atoms with Gasteiger partial charge in [-0.3, -0.25) is 14.4 Å². The highest BCUT2D eigenvalue weighted by molar-refractivity contribution is 7.21. The highest BCUT2D eigenvalue weighted by atomic mass is 32.1. The van der Waals surface area contributed by atoms with Crippen LogP contribution in [0.5, 0.6) is 0 Å². The summed E-state index contributed by atoms with van der Waals surface area (Å²) < 4.78 is 1.12.